The molecule has 0 radical (unpaired) electrons. The molecule has 0 spiro atoms. The summed E-state index contributed by atoms with van der Waals surface area (Å²) in [4.78, 5) is 12.1. The van der Waals surface area contributed by atoms with Crippen molar-refractivity contribution in [1.82, 2.24) is 0 Å². The highest BCUT2D eigenvalue weighted by Gasteiger charge is 2.05. The zero-order valence-electron chi connectivity index (χ0n) is 15.0. The van der Waals surface area contributed by atoms with Gasteiger partial charge in [-0.1, -0.05) is 19.1 Å². The molecule has 1 amide bonds. The van der Waals surface area contributed by atoms with Gasteiger partial charge in [0.15, 0.2) is 0 Å². The zero-order chi connectivity index (χ0) is 18.1. The molecule has 0 unspecified atom stereocenters. The number of carbonyl (C=O) groups excluding carboxylic acids is 1. The van der Waals surface area contributed by atoms with E-state index in [1.165, 1.54) is 0 Å². The van der Waals surface area contributed by atoms with Gasteiger partial charge in [-0.2, -0.15) is 0 Å². The SMILES string of the molecule is CCCOc1cccc(NCC(=O)Nc2cccc(OC(C)C)c2)c1. The first-order chi connectivity index (χ1) is 12.1. The Morgan fingerprint density at radius 3 is 2.44 bits per heavy atom. The molecule has 2 aromatic carbocycles. The van der Waals surface area contributed by atoms with Crippen LogP contribution in [0.15, 0.2) is 48.5 Å². The Morgan fingerprint density at radius 1 is 1.04 bits per heavy atom. The van der Waals surface area contributed by atoms with Gasteiger partial charge in [-0.05, 0) is 44.5 Å². The van der Waals surface area contributed by atoms with Gasteiger partial charge in [-0.3, -0.25) is 4.79 Å². The minimum atomic E-state index is -0.124. The first kappa shape index (κ1) is 18.6. The average Bonchev–Trinajstić information content (AvgIpc) is 2.58. The highest BCUT2D eigenvalue weighted by molar-refractivity contribution is 5.93. The third-order valence-corrected chi connectivity index (χ3v) is 3.25. The van der Waals surface area contributed by atoms with Gasteiger partial charge in [0, 0.05) is 23.5 Å². The lowest BCUT2D eigenvalue weighted by Crippen LogP contribution is -2.21. The van der Waals surface area contributed by atoms with Crippen molar-refractivity contribution < 1.29 is 14.3 Å². The monoisotopic (exact) mass is 342 g/mol. The summed E-state index contributed by atoms with van der Waals surface area (Å²) in [5.41, 5.74) is 1.56. The van der Waals surface area contributed by atoms with E-state index in [2.05, 4.69) is 17.6 Å². The number of carbonyl (C=O) groups is 1. The van der Waals surface area contributed by atoms with Crippen molar-refractivity contribution in [3.63, 3.8) is 0 Å². The van der Waals surface area contributed by atoms with E-state index in [4.69, 9.17) is 9.47 Å². The van der Waals surface area contributed by atoms with E-state index in [-0.39, 0.29) is 18.6 Å². The maximum atomic E-state index is 12.1. The maximum absolute atomic E-state index is 12.1. The van der Waals surface area contributed by atoms with Gasteiger partial charge in [0.1, 0.15) is 11.5 Å². The van der Waals surface area contributed by atoms with E-state index >= 15 is 0 Å². The summed E-state index contributed by atoms with van der Waals surface area (Å²) in [5, 5.41) is 5.97. The minimum absolute atomic E-state index is 0.0924. The second-order valence-corrected chi connectivity index (χ2v) is 5.97. The van der Waals surface area contributed by atoms with Gasteiger partial charge in [-0.15, -0.1) is 0 Å². The Balaban J connectivity index is 1.86. The van der Waals surface area contributed by atoms with Crippen LogP contribution in [0.5, 0.6) is 11.5 Å². The molecule has 134 valence electrons. The molecule has 0 saturated heterocycles. The van der Waals surface area contributed by atoms with E-state index < -0.39 is 0 Å². The van der Waals surface area contributed by atoms with Crippen molar-refractivity contribution in [2.24, 2.45) is 0 Å². The molecule has 0 aliphatic heterocycles. The molecular weight excluding hydrogens is 316 g/mol. The van der Waals surface area contributed by atoms with Crippen LogP contribution >= 0.6 is 0 Å². The van der Waals surface area contributed by atoms with Crippen LogP contribution in [0.1, 0.15) is 27.2 Å². The fourth-order valence-electron chi connectivity index (χ4n) is 2.22. The number of hydrogen-bond acceptors (Lipinski definition) is 4. The topological polar surface area (TPSA) is 59.6 Å². The van der Waals surface area contributed by atoms with Crippen molar-refractivity contribution >= 4 is 17.3 Å². The van der Waals surface area contributed by atoms with Crippen LogP contribution in [-0.4, -0.2) is 25.2 Å². The van der Waals surface area contributed by atoms with Crippen molar-refractivity contribution in [1.29, 1.82) is 0 Å². The predicted octanol–water partition coefficient (Wildman–Crippen LogP) is 4.31. The number of ether oxygens (including phenoxy) is 2. The maximum Gasteiger partial charge on any atom is 0.243 e. The van der Waals surface area contributed by atoms with Gasteiger partial charge < -0.3 is 20.1 Å². The lowest BCUT2D eigenvalue weighted by atomic mass is 10.3. The number of rotatable bonds is 9. The second-order valence-electron chi connectivity index (χ2n) is 5.97. The summed E-state index contributed by atoms with van der Waals surface area (Å²) in [6.45, 7) is 6.85. The van der Waals surface area contributed by atoms with Gasteiger partial charge in [0.25, 0.3) is 0 Å². The van der Waals surface area contributed by atoms with Gasteiger partial charge in [-0.25, -0.2) is 0 Å². The molecule has 5 nitrogen and oxygen atoms in total. The number of benzene rings is 2. The summed E-state index contributed by atoms with van der Waals surface area (Å²) in [7, 11) is 0. The quantitative estimate of drug-likeness (QED) is 0.713. The van der Waals surface area contributed by atoms with E-state index in [1.807, 2.05) is 62.4 Å². The van der Waals surface area contributed by atoms with E-state index in [0.29, 0.717) is 12.3 Å². The van der Waals surface area contributed by atoms with Crippen LogP contribution in [-0.2, 0) is 4.79 Å². The van der Waals surface area contributed by atoms with Crippen LogP contribution in [0.25, 0.3) is 0 Å². The molecule has 0 aliphatic rings. The molecule has 0 aromatic heterocycles. The van der Waals surface area contributed by atoms with E-state index in [0.717, 1.165) is 23.6 Å². The van der Waals surface area contributed by atoms with Crippen molar-refractivity contribution in [2.45, 2.75) is 33.3 Å². The standard InChI is InChI=1S/C20H26N2O3/c1-4-11-24-18-9-5-7-16(12-18)21-14-20(23)22-17-8-6-10-19(13-17)25-15(2)3/h5-10,12-13,15,21H,4,11,14H2,1-3H3,(H,22,23). The lowest BCUT2D eigenvalue weighted by molar-refractivity contribution is -0.114. The third kappa shape index (κ3) is 6.75. The highest BCUT2D eigenvalue weighted by Crippen LogP contribution is 2.19. The first-order valence-electron chi connectivity index (χ1n) is 8.60. The van der Waals surface area contributed by atoms with Crippen LogP contribution < -0.4 is 20.1 Å². The largest absolute Gasteiger partial charge is 0.494 e. The third-order valence-electron chi connectivity index (χ3n) is 3.25. The van der Waals surface area contributed by atoms with E-state index in [1.54, 1.807) is 0 Å². The molecule has 0 fully saturated rings. The molecule has 0 heterocycles. The minimum Gasteiger partial charge on any atom is -0.494 e. The molecule has 25 heavy (non-hydrogen) atoms. The Morgan fingerprint density at radius 2 is 1.72 bits per heavy atom. The second kappa shape index (κ2) is 9.57. The molecule has 2 N–H and O–H groups in total. The number of nitrogens with one attached hydrogen (secondary N) is 2. The summed E-state index contributed by atoms with van der Waals surface area (Å²) < 4.78 is 11.2. The predicted molar refractivity (Wildman–Crippen MR) is 102 cm³/mol. The first-order valence-corrected chi connectivity index (χ1v) is 8.60. The summed E-state index contributed by atoms with van der Waals surface area (Å²) >= 11 is 0. The Bertz CT molecular complexity index is 686. The highest BCUT2D eigenvalue weighted by atomic mass is 16.5. The molecule has 0 atom stereocenters. The number of hydrogen-bond donors (Lipinski definition) is 2. The lowest BCUT2D eigenvalue weighted by Gasteiger charge is -2.12. The molecule has 0 bridgehead atoms. The van der Waals surface area contributed by atoms with Crippen molar-refractivity contribution in [3.05, 3.63) is 48.5 Å². The summed E-state index contributed by atoms with van der Waals surface area (Å²) in [5.74, 6) is 1.41. The van der Waals surface area contributed by atoms with Crippen molar-refractivity contribution in [2.75, 3.05) is 23.8 Å². The number of amides is 1. The number of anilines is 2. The summed E-state index contributed by atoms with van der Waals surface area (Å²) in [6, 6.07) is 15.0. The van der Waals surface area contributed by atoms with Crippen LogP contribution in [0.4, 0.5) is 11.4 Å². The zero-order valence-corrected chi connectivity index (χ0v) is 15.0. The average molecular weight is 342 g/mol. The van der Waals surface area contributed by atoms with E-state index in [9.17, 15) is 4.79 Å². The molecule has 0 saturated carbocycles. The Kier molecular flexibility index (Phi) is 7.14. The van der Waals surface area contributed by atoms with Gasteiger partial charge in [0.05, 0.1) is 19.3 Å². The van der Waals surface area contributed by atoms with Crippen LogP contribution in [0, 0.1) is 0 Å². The smallest absolute Gasteiger partial charge is 0.243 e. The van der Waals surface area contributed by atoms with Crippen molar-refractivity contribution in [3.8, 4) is 11.5 Å². The Labute approximate surface area is 149 Å². The van der Waals surface area contributed by atoms with Gasteiger partial charge >= 0.3 is 0 Å². The van der Waals surface area contributed by atoms with Crippen LogP contribution in [0.3, 0.4) is 0 Å². The molecular formula is C20H26N2O3. The fraction of sp³-hybridized carbons (Fsp3) is 0.350. The molecule has 2 aromatic rings. The van der Waals surface area contributed by atoms with Gasteiger partial charge in [0.2, 0.25) is 5.91 Å². The van der Waals surface area contributed by atoms with Crippen LogP contribution in [0.2, 0.25) is 0 Å². The summed E-state index contributed by atoms with van der Waals surface area (Å²) in [6.07, 6.45) is 1.05. The molecule has 0 aliphatic carbocycles. The fourth-order valence-corrected chi connectivity index (χ4v) is 2.22. The normalized spacial score (nSPS) is 10.4. The Hall–Kier alpha value is -2.69. The molecule has 2 rings (SSSR count). The molecule has 5 heteroatoms.